The van der Waals surface area contributed by atoms with E-state index in [-0.39, 0.29) is 0 Å². The third-order valence-electron chi connectivity index (χ3n) is 10.2. The van der Waals surface area contributed by atoms with Gasteiger partial charge in [-0.25, -0.2) is 4.99 Å². The molecule has 254 valence electrons. The molecule has 0 aliphatic heterocycles. The van der Waals surface area contributed by atoms with E-state index in [0.29, 0.717) is 12.4 Å². The van der Waals surface area contributed by atoms with E-state index in [2.05, 4.69) is 146 Å². The zero-order valence-corrected chi connectivity index (χ0v) is 29.7. The maximum atomic E-state index is 6.61. The van der Waals surface area contributed by atoms with Crippen molar-refractivity contribution in [1.82, 2.24) is 5.32 Å². The van der Waals surface area contributed by atoms with Gasteiger partial charge in [-0.2, -0.15) is 0 Å². The summed E-state index contributed by atoms with van der Waals surface area (Å²) >= 11 is 0. The van der Waals surface area contributed by atoms with Crippen molar-refractivity contribution in [3.63, 3.8) is 0 Å². The highest BCUT2D eigenvalue weighted by molar-refractivity contribution is 6.18. The fraction of sp³-hybridized carbons (Fsp3) is 0.0612. The number of hydrogen-bond donors (Lipinski definition) is 1. The summed E-state index contributed by atoms with van der Waals surface area (Å²) in [6, 6.07) is 59.4. The lowest BCUT2D eigenvalue weighted by Crippen LogP contribution is -2.21. The molecular weight excluding hydrogens is 647 g/mol. The van der Waals surface area contributed by atoms with Crippen LogP contribution in [0.5, 0.6) is 11.5 Å². The maximum absolute atomic E-state index is 6.61. The first kappa shape index (κ1) is 32.1. The second-order valence-electron chi connectivity index (χ2n) is 13.4. The van der Waals surface area contributed by atoms with E-state index in [1.54, 1.807) is 0 Å². The van der Waals surface area contributed by atoms with Crippen molar-refractivity contribution in [3.8, 4) is 44.9 Å². The van der Waals surface area contributed by atoms with Gasteiger partial charge in [-0.15, -0.1) is 0 Å². The maximum Gasteiger partial charge on any atom is 0.157 e. The molecule has 0 unspecified atom stereocenters. The minimum atomic E-state index is 0.453. The summed E-state index contributed by atoms with van der Waals surface area (Å²) in [5.74, 6) is 3.02. The molecule has 0 atom stereocenters. The van der Waals surface area contributed by atoms with Gasteiger partial charge in [0.15, 0.2) is 5.84 Å². The largest absolute Gasteiger partial charge is 0.457 e. The van der Waals surface area contributed by atoms with Gasteiger partial charge in [0, 0.05) is 18.2 Å². The lowest BCUT2D eigenvalue weighted by atomic mass is 9.94. The first-order valence-electron chi connectivity index (χ1n) is 18.0. The minimum Gasteiger partial charge on any atom is -0.457 e. The van der Waals surface area contributed by atoms with E-state index in [0.717, 1.165) is 45.2 Å². The summed E-state index contributed by atoms with van der Waals surface area (Å²) in [6.07, 6.45) is 0. The number of benzene rings is 8. The molecule has 8 aromatic carbocycles. The standard InChI is InChI=1S/C49H37N3O/c1-32-38(31-51-49(34-14-4-3-5-15-34)52-48(50-2)37-26-25-33-13-6-7-16-35(33)29-37)18-11-24-46(32)53-39-19-10-17-36(30-39)40-27-28-45-42-21-9-8-20-41(42)44-23-12-22-43(40)47(44)45/h3-30H,31H2,1-2H3,(H,50,51,52). The quantitative estimate of drug-likeness (QED) is 0.134. The van der Waals surface area contributed by atoms with Gasteiger partial charge in [-0.1, -0.05) is 146 Å². The van der Waals surface area contributed by atoms with E-state index in [1.165, 1.54) is 49.4 Å². The van der Waals surface area contributed by atoms with Crippen LogP contribution in [0.15, 0.2) is 180 Å². The third-order valence-corrected chi connectivity index (χ3v) is 10.2. The fourth-order valence-corrected chi connectivity index (χ4v) is 7.50. The Bertz CT molecular complexity index is 2700. The Labute approximate surface area is 309 Å². The van der Waals surface area contributed by atoms with Crippen molar-refractivity contribution in [3.05, 3.63) is 192 Å². The van der Waals surface area contributed by atoms with E-state index < -0.39 is 0 Å². The lowest BCUT2D eigenvalue weighted by Gasteiger charge is -2.14. The van der Waals surface area contributed by atoms with Crippen LogP contribution in [0.3, 0.4) is 0 Å². The Hall–Kier alpha value is -6.78. The van der Waals surface area contributed by atoms with Gasteiger partial charge in [-0.05, 0) is 97.2 Å². The van der Waals surface area contributed by atoms with Gasteiger partial charge in [0.1, 0.15) is 17.3 Å². The van der Waals surface area contributed by atoms with Gasteiger partial charge in [0.05, 0.1) is 6.54 Å². The monoisotopic (exact) mass is 683 g/mol. The van der Waals surface area contributed by atoms with Crippen LogP contribution in [-0.4, -0.2) is 18.7 Å². The Morgan fingerprint density at radius 3 is 2.09 bits per heavy atom. The summed E-state index contributed by atoms with van der Waals surface area (Å²) in [4.78, 5) is 10.2. The van der Waals surface area contributed by atoms with Crippen molar-refractivity contribution < 1.29 is 4.74 Å². The topological polar surface area (TPSA) is 46.0 Å². The number of nitrogens with one attached hydrogen (secondary N) is 1. The van der Waals surface area contributed by atoms with Gasteiger partial charge >= 0.3 is 0 Å². The average molecular weight is 684 g/mol. The van der Waals surface area contributed by atoms with Gasteiger partial charge in [-0.3, -0.25) is 4.99 Å². The summed E-state index contributed by atoms with van der Waals surface area (Å²) < 4.78 is 6.61. The Balaban J connectivity index is 1.02. The van der Waals surface area contributed by atoms with Gasteiger partial charge < -0.3 is 10.1 Å². The van der Waals surface area contributed by atoms with Crippen molar-refractivity contribution in [2.75, 3.05) is 7.05 Å². The van der Waals surface area contributed by atoms with E-state index >= 15 is 0 Å². The molecule has 0 heterocycles. The smallest absolute Gasteiger partial charge is 0.157 e. The highest BCUT2D eigenvalue weighted by Crippen LogP contribution is 2.49. The van der Waals surface area contributed by atoms with Crippen LogP contribution in [-0.2, 0) is 6.54 Å². The van der Waals surface area contributed by atoms with Crippen molar-refractivity contribution in [2.24, 2.45) is 9.98 Å². The summed E-state index contributed by atoms with van der Waals surface area (Å²) in [7, 11) is 1.90. The molecule has 0 radical (unpaired) electrons. The van der Waals surface area contributed by atoms with E-state index in [1.807, 2.05) is 43.4 Å². The summed E-state index contributed by atoms with van der Waals surface area (Å²) in [5, 5.41) is 8.25. The lowest BCUT2D eigenvalue weighted by molar-refractivity contribution is 0.478. The highest BCUT2D eigenvalue weighted by Gasteiger charge is 2.22. The van der Waals surface area contributed by atoms with Crippen molar-refractivity contribution in [1.29, 1.82) is 0 Å². The van der Waals surface area contributed by atoms with E-state index in [4.69, 9.17) is 14.7 Å². The molecule has 8 aromatic rings. The second kappa shape index (κ2) is 13.7. The molecule has 4 nitrogen and oxygen atoms in total. The average Bonchev–Trinajstić information content (AvgIpc) is 3.54. The molecular formula is C49H37N3O. The Morgan fingerprint density at radius 2 is 1.26 bits per heavy atom. The zero-order chi connectivity index (χ0) is 35.7. The normalized spacial score (nSPS) is 12.3. The molecule has 53 heavy (non-hydrogen) atoms. The second-order valence-corrected chi connectivity index (χ2v) is 13.4. The molecule has 0 bridgehead atoms. The van der Waals surface area contributed by atoms with Crippen molar-refractivity contribution in [2.45, 2.75) is 13.5 Å². The first-order valence-corrected chi connectivity index (χ1v) is 18.0. The molecule has 1 aliphatic rings. The molecule has 0 aromatic heterocycles. The first-order chi connectivity index (χ1) is 26.1. The molecule has 0 spiro atoms. The fourth-order valence-electron chi connectivity index (χ4n) is 7.50. The number of ether oxygens (including phenoxy) is 1. The molecule has 0 amide bonds. The van der Waals surface area contributed by atoms with Crippen LogP contribution in [0.2, 0.25) is 0 Å². The summed E-state index contributed by atoms with van der Waals surface area (Å²) in [6.45, 7) is 2.55. The molecule has 0 saturated heterocycles. The van der Waals surface area contributed by atoms with Crippen molar-refractivity contribution >= 4 is 33.2 Å². The van der Waals surface area contributed by atoms with Crippen LogP contribution in [0, 0.1) is 6.92 Å². The molecule has 4 heteroatoms. The van der Waals surface area contributed by atoms with Gasteiger partial charge in [0.2, 0.25) is 0 Å². The Kier molecular flexibility index (Phi) is 8.33. The number of amidine groups is 2. The predicted octanol–water partition coefficient (Wildman–Crippen LogP) is 12.0. The zero-order valence-electron chi connectivity index (χ0n) is 29.7. The summed E-state index contributed by atoms with van der Waals surface area (Å²) in [5.41, 5.74) is 11.6. The Morgan fingerprint density at radius 1 is 0.566 bits per heavy atom. The molecule has 0 fully saturated rings. The van der Waals surface area contributed by atoms with Crippen LogP contribution in [0.25, 0.3) is 54.9 Å². The van der Waals surface area contributed by atoms with Crippen LogP contribution < -0.4 is 10.1 Å². The number of nitrogens with zero attached hydrogens (tertiary/aromatic N) is 2. The SMILES string of the molecule is CN/C(=N\C(=N/Cc1cccc(Oc2cccc(-c3ccc4c5c(cccc35)-c3ccccc3-4)c2)c1C)c1ccccc1)c1ccc2ccccc2c1. The molecule has 1 aliphatic carbocycles. The number of rotatable bonds is 7. The molecule has 0 saturated carbocycles. The van der Waals surface area contributed by atoms with Gasteiger partial charge in [0.25, 0.3) is 0 Å². The molecule has 1 N–H and O–H groups in total. The minimum absolute atomic E-state index is 0.453. The number of hydrogen-bond acceptors (Lipinski definition) is 2. The predicted molar refractivity (Wildman–Crippen MR) is 221 cm³/mol. The molecule has 9 rings (SSSR count). The highest BCUT2D eigenvalue weighted by atomic mass is 16.5. The third kappa shape index (κ3) is 6.04. The number of fused-ring (bicyclic) bond motifs is 4. The van der Waals surface area contributed by atoms with E-state index in [9.17, 15) is 0 Å². The van der Waals surface area contributed by atoms with Crippen LogP contribution in [0.4, 0.5) is 0 Å². The van der Waals surface area contributed by atoms with Crippen LogP contribution in [0.1, 0.15) is 22.3 Å². The van der Waals surface area contributed by atoms with Crippen LogP contribution >= 0.6 is 0 Å². The number of aliphatic imine (C=N–C) groups is 2.